The standard InChI is InChI=1S/C15H18ClN3OS/c1-9-11(16)7-8-12-13(9)18-15(21-12)19-14(20)17-10-5-3-2-4-6-10/h7-8,10H,2-6H2,1H3,(H2,17,18,19,20). The van der Waals surface area contributed by atoms with E-state index in [9.17, 15) is 4.79 Å². The second-order valence-electron chi connectivity index (χ2n) is 5.47. The lowest BCUT2D eigenvalue weighted by atomic mass is 9.96. The van der Waals surface area contributed by atoms with Crippen LogP contribution in [0.25, 0.3) is 10.2 Å². The zero-order chi connectivity index (χ0) is 14.8. The molecule has 0 radical (unpaired) electrons. The van der Waals surface area contributed by atoms with Gasteiger partial charge in [0.1, 0.15) is 0 Å². The number of carbonyl (C=O) groups is 1. The number of thiazole rings is 1. The van der Waals surface area contributed by atoms with E-state index in [0.29, 0.717) is 16.2 Å². The number of carbonyl (C=O) groups excluding carboxylic acids is 1. The summed E-state index contributed by atoms with van der Waals surface area (Å²) in [6, 6.07) is 3.93. The molecule has 1 heterocycles. The van der Waals surface area contributed by atoms with Gasteiger partial charge in [0.2, 0.25) is 0 Å². The van der Waals surface area contributed by atoms with Crippen molar-refractivity contribution in [1.29, 1.82) is 0 Å². The van der Waals surface area contributed by atoms with Crippen LogP contribution in [0.1, 0.15) is 37.7 Å². The van der Waals surface area contributed by atoms with E-state index in [4.69, 9.17) is 11.6 Å². The first kappa shape index (κ1) is 14.6. The minimum Gasteiger partial charge on any atom is -0.335 e. The second-order valence-corrected chi connectivity index (χ2v) is 6.91. The maximum Gasteiger partial charge on any atom is 0.321 e. The van der Waals surface area contributed by atoms with Crippen molar-refractivity contribution in [2.75, 3.05) is 5.32 Å². The maximum atomic E-state index is 12.0. The van der Waals surface area contributed by atoms with Gasteiger partial charge >= 0.3 is 6.03 Å². The maximum absolute atomic E-state index is 12.0. The van der Waals surface area contributed by atoms with Crippen LogP contribution in [0.3, 0.4) is 0 Å². The number of urea groups is 1. The SMILES string of the molecule is Cc1c(Cl)ccc2sc(NC(=O)NC3CCCCC3)nc12. The number of amides is 2. The molecule has 2 aromatic rings. The van der Waals surface area contributed by atoms with Crippen LogP contribution in [0.4, 0.5) is 9.93 Å². The number of aryl methyl sites for hydroxylation is 1. The van der Waals surface area contributed by atoms with Crippen LogP contribution >= 0.6 is 22.9 Å². The molecule has 0 saturated heterocycles. The number of anilines is 1. The smallest absolute Gasteiger partial charge is 0.321 e. The highest BCUT2D eigenvalue weighted by Crippen LogP contribution is 2.31. The van der Waals surface area contributed by atoms with E-state index >= 15 is 0 Å². The molecule has 4 nitrogen and oxygen atoms in total. The van der Waals surface area contributed by atoms with E-state index in [-0.39, 0.29) is 6.03 Å². The van der Waals surface area contributed by atoms with Crippen LogP contribution in [0, 0.1) is 6.92 Å². The predicted octanol–water partition coefficient (Wildman–Crippen LogP) is 4.71. The van der Waals surface area contributed by atoms with Gasteiger partial charge in [0.25, 0.3) is 0 Å². The van der Waals surface area contributed by atoms with E-state index in [0.717, 1.165) is 28.6 Å². The molecule has 1 saturated carbocycles. The Bertz CT molecular complexity index is 664. The van der Waals surface area contributed by atoms with Gasteiger partial charge in [-0.1, -0.05) is 42.2 Å². The number of halogens is 1. The Kier molecular flexibility index (Phi) is 4.31. The molecule has 0 bridgehead atoms. The van der Waals surface area contributed by atoms with Gasteiger partial charge in [-0.05, 0) is 37.5 Å². The fourth-order valence-corrected chi connectivity index (χ4v) is 3.79. The zero-order valence-corrected chi connectivity index (χ0v) is 13.5. The number of aromatic nitrogens is 1. The summed E-state index contributed by atoms with van der Waals surface area (Å²) in [5.74, 6) is 0. The molecule has 1 aromatic carbocycles. The van der Waals surface area contributed by atoms with Gasteiger partial charge in [-0.2, -0.15) is 0 Å². The van der Waals surface area contributed by atoms with Gasteiger partial charge in [-0.25, -0.2) is 9.78 Å². The van der Waals surface area contributed by atoms with Crippen molar-refractivity contribution in [1.82, 2.24) is 10.3 Å². The highest BCUT2D eigenvalue weighted by Gasteiger charge is 2.17. The third-order valence-corrected chi connectivity index (χ3v) is 5.25. The van der Waals surface area contributed by atoms with E-state index in [1.54, 1.807) is 0 Å². The molecule has 0 aliphatic heterocycles. The average molecular weight is 324 g/mol. The highest BCUT2D eigenvalue weighted by molar-refractivity contribution is 7.22. The van der Waals surface area contributed by atoms with E-state index < -0.39 is 0 Å². The minimum absolute atomic E-state index is 0.162. The van der Waals surface area contributed by atoms with Crippen LogP contribution < -0.4 is 10.6 Å². The molecule has 112 valence electrons. The van der Waals surface area contributed by atoms with Crippen molar-refractivity contribution in [3.8, 4) is 0 Å². The highest BCUT2D eigenvalue weighted by atomic mass is 35.5. The van der Waals surface area contributed by atoms with Crippen molar-refractivity contribution < 1.29 is 4.79 Å². The van der Waals surface area contributed by atoms with Gasteiger partial charge in [0.15, 0.2) is 5.13 Å². The molecule has 0 unspecified atom stereocenters. The van der Waals surface area contributed by atoms with Gasteiger partial charge < -0.3 is 5.32 Å². The topological polar surface area (TPSA) is 54.0 Å². The van der Waals surface area contributed by atoms with Crippen LogP contribution in [-0.2, 0) is 0 Å². The zero-order valence-electron chi connectivity index (χ0n) is 11.9. The summed E-state index contributed by atoms with van der Waals surface area (Å²) in [6.07, 6.45) is 5.81. The minimum atomic E-state index is -0.162. The van der Waals surface area contributed by atoms with Crippen LogP contribution in [0.2, 0.25) is 5.02 Å². The van der Waals surface area contributed by atoms with Crippen LogP contribution in [-0.4, -0.2) is 17.1 Å². The molecule has 1 fully saturated rings. The molecule has 2 N–H and O–H groups in total. The predicted molar refractivity (Wildman–Crippen MR) is 88.4 cm³/mol. The first-order chi connectivity index (χ1) is 10.1. The fraction of sp³-hybridized carbons (Fsp3) is 0.467. The third kappa shape index (κ3) is 3.30. The number of benzene rings is 1. The van der Waals surface area contributed by atoms with Crippen molar-refractivity contribution >= 4 is 44.3 Å². The van der Waals surface area contributed by atoms with Crippen molar-refractivity contribution in [2.24, 2.45) is 0 Å². The van der Waals surface area contributed by atoms with E-state index in [1.807, 2.05) is 19.1 Å². The third-order valence-electron chi connectivity index (χ3n) is 3.91. The summed E-state index contributed by atoms with van der Waals surface area (Å²) in [4.78, 5) is 16.5. The number of nitrogens with zero attached hydrogens (tertiary/aromatic N) is 1. The number of nitrogens with one attached hydrogen (secondary N) is 2. The first-order valence-corrected chi connectivity index (χ1v) is 8.46. The molecule has 0 spiro atoms. The lowest BCUT2D eigenvalue weighted by Crippen LogP contribution is -2.38. The van der Waals surface area contributed by atoms with E-state index in [1.165, 1.54) is 30.6 Å². The molecule has 3 rings (SSSR count). The Hall–Kier alpha value is -1.33. The Morgan fingerprint density at radius 3 is 2.86 bits per heavy atom. The molecule has 21 heavy (non-hydrogen) atoms. The quantitative estimate of drug-likeness (QED) is 0.840. The summed E-state index contributed by atoms with van der Waals surface area (Å²) in [5.41, 5.74) is 1.81. The molecular weight excluding hydrogens is 306 g/mol. The number of hydrogen-bond acceptors (Lipinski definition) is 3. The average Bonchev–Trinajstić information content (AvgIpc) is 2.87. The Labute approximate surface area is 132 Å². The molecule has 6 heteroatoms. The van der Waals surface area contributed by atoms with Crippen molar-refractivity contribution in [3.05, 3.63) is 22.7 Å². The molecule has 2 amide bonds. The molecule has 0 atom stereocenters. The second kappa shape index (κ2) is 6.20. The Morgan fingerprint density at radius 1 is 1.33 bits per heavy atom. The Morgan fingerprint density at radius 2 is 2.10 bits per heavy atom. The van der Waals surface area contributed by atoms with Gasteiger partial charge in [-0.15, -0.1) is 0 Å². The number of fused-ring (bicyclic) bond motifs is 1. The summed E-state index contributed by atoms with van der Waals surface area (Å²) in [6.45, 7) is 1.94. The molecule has 1 aromatic heterocycles. The first-order valence-electron chi connectivity index (χ1n) is 7.26. The fourth-order valence-electron chi connectivity index (χ4n) is 2.72. The van der Waals surface area contributed by atoms with Gasteiger partial charge in [0.05, 0.1) is 10.2 Å². The summed E-state index contributed by atoms with van der Waals surface area (Å²) >= 11 is 7.57. The van der Waals surface area contributed by atoms with Crippen LogP contribution in [0.5, 0.6) is 0 Å². The van der Waals surface area contributed by atoms with Gasteiger partial charge in [0, 0.05) is 11.1 Å². The summed E-state index contributed by atoms with van der Waals surface area (Å²) < 4.78 is 1.03. The number of rotatable bonds is 2. The lowest BCUT2D eigenvalue weighted by Gasteiger charge is -2.22. The normalized spacial score (nSPS) is 16.1. The van der Waals surface area contributed by atoms with Crippen molar-refractivity contribution in [3.63, 3.8) is 0 Å². The summed E-state index contributed by atoms with van der Waals surface area (Å²) in [5, 5.41) is 7.18. The van der Waals surface area contributed by atoms with Crippen LogP contribution in [0.15, 0.2) is 12.1 Å². The van der Waals surface area contributed by atoms with Gasteiger partial charge in [-0.3, -0.25) is 5.32 Å². The largest absolute Gasteiger partial charge is 0.335 e. The van der Waals surface area contributed by atoms with E-state index in [2.05, 4.69) is 15.6 Å². The molecule has 1 aliphatic rings. The summed E-state index contributed by atoms with van der Waals surface area (Å²) in [7, 11) is 0. The lowest BCUT2D eigenvalue weighted by molar-refractivity contribution is 0.244. The monoisotopic (exact) mass is 323 g/mol. The number of hydrogen-bond donors (Lipinski definition) is 2. The molecular formula is C15H18ClN3OS. The molecule has 1 aliphatic carbocycles. The van der Waals surface area contributed by atoms with Crippen molar-refractivity contribution in [2.45, 2.75) is 45.1 Å². The Balaban J connectivity index is 1.69.